The number of hydrogen-bond donors (Lipinski definition) is 0. The minimum absolute atomic E-state index is 0.0105. The molecule has 3 nitrogen and oxygen atoms in total. The second kappa shape index (κ2) is 5.08. The monoisotopic (exact) mass is 295 g/mol. The van der Waals surface area contributed by atoms with E-state index in [-0.39, 0.29) is 17.3 Å². The third-order valence-electron chi connectivity index (χ3n) is 5.48. The van der Waals surface area contributed by atoms with E-state index in [4.69, 9.17) is 9.72 Å². The first-order valence-corrected chi connectivity index (χ1v) is 8.30. The Labute approximate surface area is 130 Å². The number of rotatable bonds is 2. The Morgan fingerprint density at radius 1 is 1.36 bits per heavy atom. The normalized spacial score (nSPS) is 26.5. The Morgan fingerprint density at radius 2 is 2.23 bits per heavy atom. The summed E-state index contributed by atoms with van der Waals surface area (Å²) in [6, 6.07) is 10.5. The maximum Gasteiger partial charge on any atom is 0.312 e. The molecule has 1 heterocycles. The van der Waals surface area contributed by atoms with Crippen LogP contribution in [-0.2, 0) is 16.0 Å². The number of esters is 1. The molecule has 0 radical (unpaired) electrons. The van der Waals surface area contributed by atoms with Gasteiger partial charge in [-0.1, -0.05) is 24.6 Å². The second-order valence-electron chi connectivity index (χ2n) is 6.54. The quantitative estimate of drug-likeness (QED) is 0.786. The molecule has 2 aromatic rings. The summed E-state index contributed by atoms with van der Waals surface area (Å²) < 4.78 is 5.43. The molecule has 2 aliphatic carbocycles. The van der Waals surface area contributed by atoms with Crippen molar-refractivity contribution in [1.82, 2.24) is 4.98 Å². The van der Waals surface area contributed by atoms with Crippen LogP contribution in [0.3, 0.4) is 0 Å². The van der Waals surface area contributed by atoms with Gasteiger partial charge in [0, 0.05) is 17.0 Å². The van der Waals surface area contributed by atoms with Crippen LogP contribution in [-0.4, -0.2) is 17.6 Å². The number of aromatic nitrogens is 1. The van der Waals surface area contributed by atoms with E-state index in [0.717, 1.165) is 37.6 Å². The number of benzene rings is 1. The van der Waals surface area contributed by atoms with Gasteiger partial charge in [-0.25, -0.2) is 0 Å². The highest BCUT2D eigenvalue weighted by molar-refractivity contribution is 5.82. The number of hydrogen-bond acceptors (Lipinski definition) is 3. The minimum Gasteiger partial charge on any atom is -0.466 e. The van der Waals surface area contributed by atoms with Crippen LogP contribution >= 0.6 is 0 Å². The topological polar surface area (TPSA) is 39.2 Å². The van der Waals surface area contributed by atoms with Crippen LogP contribution in [0.1, 0.15) is 49.8 Å². The van der Waals surface area contributed by atoms with Gasteiger partial charge in [0.2, 0.25) is 0 Å². The van der Waals surface area contributed by atoms with Gasteiger partial charge in [-0.3, -0.25) is 9.78 Å². The van der Waals surface area contributed by atoms with Crippen molar-refractivity contribution >= 4 is 16.9 Å². The molecule has 0 bridgehead atoms. The Morgan fingerprint density at radius 3 is 3.09 bits per heavy atom. The summed E-state index contributed by atoms with van der Waals surface area (Å²) in [5.41, 5.74) is 3.23. The largest absolute Gasteiger partial charge is 0.466 e. The number of nitrogens with zero attached hydrogens (tertiary/aromatic N) is 1. The van der Waals surface area contributed by atoms with Crippen molar-refractivity contribution in [3.8, 4) is 0 Å². The lowest BCUT2D eigenvalue weighted by Crippen LogP contribution is -2.39. The summed E-state index contributed by atoms with van der Waals surface area (Å²) >= 11 is 0. The molecule has 0 spiro atoms. The van der Waals surface area contributed by atoms with Crippen molar-refractivity contribution in [2.24, 2.45) is 5.41 Å². The third kappa shape index (κ3) is 1.88. The molecule has 0 saturated heterocycles. The van der Waals surface area contributed by atoms with E-state index < -0.39 is 0 Å². The zero-order chi connectivity index (χ0) is 15.2. The van der Waals surface area contributed by atoms with Crippen LogP contribution in [0, 0.1) is 5.41 Å². The number of aryl methyl sites for hydroxylation is 1. The predicted octanol–water partition coefficient (Wildman–Crippen LogP) is 4.00. The van der Waals surface area contributed by atoms with E-state index in [1.54, 1.807) is 0 Å². The third-order valence-corrected chi connectivity index (χ3v) is 5.48. The average Bonchev–Trinajstić information content (AvgIpc) is 2.99. The molecule has 1 aromatic carbocycles. The first-order valence-electron chi connectivity index (χ1n) is 8.30. The molecule has 1 saturated carbocycles. The molecule has 114 valence electrons. The summed E-state index contributed by atoms with van der Waals surface area (Å²) in [6.07, 6.45) is 4.91. The van der Waals surface area contributed by atoms with Gasteiger partial charge < -0.3 is 4.74 Å². The van der Waals surface area contributed by atoms with Crippen LogP contribution in [0.4, 0.5) is 0 Å². The Kier molecular flexibility index (Phi) is 3.17. The van der Waals surface area contributed by atoms with Gasteiger partial charge in [0.05, 0.1) is 17.5 Å². The van der Waals surface area contributed by atoms with E-state index in [2.05, 4.69) is 18.2 Å². The van der Waals surface area contributed by atoms with Gasteiger partial charge in [0.25, 0.3) is 0 Å². The molecule has 0 unspecified atom stereocenters. The minimum atomic E-state index is -0.298. The van der Waals surface area contributed by atoms with Gasteiger partial charge >= 0.3 is 5.97 Å². The summed E-state index contributed by atoms with van der Waals surface area (Å²) in [4.78, 5) is 17.5. The molecule has 22 heavy (non-hydrogen) atoms. The maximum absolute atomic E-state index is 12.6. The number of ether oxygens (including phenoxy) is 1. The Balaban J connectivity index is 1.83. The van der Waals surface area contributed by atoms with Gasteiger partial charge in [-0.05, 0) is 50.3 Å². The summed E-state index contributed by atoms with van der Waals surface area (Å²) in [6.45, 7) is 2.36. The molecule has 4 rings (SSSR count). The van der Waals surface area contributed by atoms with Crippen molar-refractivity contribution in [2.45, 2.75) is 44.9 Å². The zero-order valence-corrected chi connectivity index (χ0v) is 13.0. The van der Waals surface area contributed by atoms with Gasteiger partial charge in [0.1, 0.15) is 0 Å². The lowest BCUT2D eigenvalue weighted by atomic mass is 9.66. The second-order valence-corrected chi connectivity index (χ2v) is 6.54. The SMILES string of the molecule is CCOC(=O)[C@@]12CCC[C@@H]1c1cc3ccccc3nc1CC2. The van der Waals surface area contributed by atoms with E-state index >= 15 is 0 Å². The molecule has 1 fully saturated rings. The van der Waals surface area contributed by atoms with E-state index in [1.807, 2.05) is 19.1 Å². The summed E-state index contributed by atoms with van der Waals surface area (Å²) in [5.74, 6) is 0.295. The fourth-order valence-electron chi connectivity index (χ4n) is 4.46. The van der Waals surface area contributed by atoms with Gasteiger partial charge in [0.15, 0.2) is 0 Å². The fourth-order valence-corrected chi connectivity index (χ4v) is 4.46. The number of carbonyl (C=O) groups excluding carboxylic acids is 1. The summed E-state index contributed by atoms with van der Waals surface area (Å²) in [7, 11) is 0. The average molecular weight is 295 g/mol. The molecule has 2 aliphatic rings. The van der Waals surface area contributed by atoms with E-state index in [0.29, 0.717) is 6.61 Å². The Bertz CT molecular complexity index is 739. The highest BCUT2D eigenvalue weighted by Gasteiger charge is 2.53. The zero-order valence-electron chi connectivity index (χ0n) is 13.0. The fraction of sp³-hybridized carbons (Fsp3) is 0.474. The lowest BCUT2D eigenvalue weighted by molar-refractivity contribution is -0.157. The van der Waals surface area contributed by atoms with Crippen molar-refractivity contribution in [1.29, 1.82) is 0 Å². The molecule has 1 aromatic heterocycles. The number of pyridine rings is 1. The van der Waals surface area contributed by atoms with Crippen LogP contribution in [0.2, 0.25) is 0 Å². The number of para-hydroxylation sites is 1. The molecule has 0 amide bonds. The van der Waals surface area contributed by atoms with Gasteiger partial charge in [-0.2, -0.15) is 0 Å². The summed E-state index contributed by atoms with van der Waals surface area (Å²) in [5, 5.41) is 1.17. The molecular weight excluding hydrogens is 274 g/mol. The lowest BCUT2D eigenvalue weighted by Gasteiger charge is -2.38. The van der Waals surface area contributed by atoms with Crippen molar-refractivity contribution in [3.05, 3.63) is 41.6 Å². The first-order chi connectivity index (χ1) is 10.7. The molecule has 0 aliphatic heterocycles. The smallest absolute Gasteiger partial charge is 0.312 e. The van der Waals surface area contributed by atoms with E-state index in [1.165, 1.54) is 16.6 Å². The van der Waals surface area contributed by atoms with Crippen LogP contribution < -0.4 is 0 Å². The highest BCUT2D eigenvalue weighted by atomic mass is 16.5. The van der Waals surface area contributed by atoms with Crippen molar-refractivity contribution in [2.75, 3.05) is 6.61 Å². The predicted molar refractivity (Wildman–Crippen MR) is 85.7 cm³/mol. The number of carbonyl (C=O) groups is 1. The van der Waals surface area contributed by atoms with Crippen molar-refractivity contribution < 1.29 is 9.53 Å². The van der Waals surface area contributed by atoms with E-state index in [9.17, 15) is 4.79 Å². The van der Waals surface area contributed by atoms with Crippen LogP contribution in [0.5, 0.6) is 0 Å². The first kappa shape index (κ1) is 13.7. The van der Waals surface area contributed by atoms with Gasteiger partial charge in [-0.15, -0.1) is 0 Å². The molecule has 3 heteroatoms. The standard InChI is InChI=1S/C19H21NO2/c1-2-22-18(21)19-10-5-7-15(19)14-12-13-6-3-4-8-16(13)20-17(14)9-11-19/h3-4,6,8,12,15H,2,5,7,9-11H2,1H3/t15-,19-/m1/s1. The molecular formula is C19H21NO2. The molecule has 2 atom stereocenters. The highest BCUT2D eigenvalue weighted by Crippen LogP contribution is 2.56. The Hall–Kier alpha value is -1.90. The van der Waals surface area contributed by atoms with Crippen molar-refractivity contribution in [3.63, 3.8) is 0 Å². The van der Waals surface area contributed by atoms with Crippen LogP contribution in [0.25, 0.3) is 10.9 Å². The van der Waals surface area contributed by atoms with Crippen LogP contribution in [0.15, 0.2) is 30.3 Å². The molecule has 0 N–H and O–H groups in total. The maximum atomic E-state index is 12.6. The number of fused-ring (bicyclic) bond motifs is 4.